The molecular weight excluding hydrogens is 565 g/mol. The minimum atomic E-state index is -3.75. The zero-order valence-corrected chi connectivity index (χ0v) is 25.2. The Hall–Kier alpha value is -4.24. The van der Waals surface area contributed by atoms with Gasteiger partial charge in [-0.3, -0.25) is 13.9 Å². The van der Waals surface area contributed by atoms with Crippen molar-refractivity contribution in [2.45, 2.75) is 63.1 Å². The summed E-state index contributed by atoms with van der Waals surface area (Å²) >= 11 is 0. The number of hydrogen-bond donors (Lipinski definition) is 1. The third-order valence-electron chi connectivity index (χ3n) is 7.97. The molecule has 0 aromatic heterocycles. The third kappa shape index (κ3) is 6.57. The highest BCUT2D eigenvalue weighted by Gasteiger charge is 2.36. The molecule has 1 heterocycles. The lowest BCUT2D eigenvalue weighted by Crippen LogP contribution is -2.52. The fourth-order valence-electron chi connectivity index (χ4n) is 5.50. The lowest BCUT2D eigenvalue weighted by molar-refractivity contribution is -0.141. The Balaban J connectivity index is 1.40. The van der Waals surface area contributed by atoms with E-state index in [0.29, 0.717) is 23.1 Å². The lowest BCUT2D eigenvalue weighted by Gasteiger charge is -2.32. The van der Waals surface area contributed by atoms with E-state index in [0.717, 1.165) is 17.4 Å². The highest BCUT2D eigenvalue weighted by molar-refractivity contribution is 7.93. The second-order valence-corrected chi connectivity index (χ2v) is 12.8. The summed E-state index contributed by atoms with van der Waals surface area (Å²) in [5, 5.41) is 4.57. The van der Waals surface area contributed by atoms with Gasteiger partial charge in [-0.1, -0.05) is 73.7 Å². The van der Waals surface area contributed by atoms with Gasteiger partial charge in [0.2, 0.25) is 11.8 Å². The number of halogens is 1. The van der Waals surface area contributed by atoms with Gasteiger partial charge in [0.05, 0.1) is 10.6 Å². The summed E-state index contributed by atoms with van der Waals surface area (Å²) in [4.78, 5) is 29.4. The zero-order chi connectivity index (χ0) is 30.6. The summed E-state index contributed by atoms with van der Waals surface area (Å²) in [5.74, 6) is -0.936. The van der Waals surface area contributed by atoms with E-state index < -0.39 is 16.1 Å². The molecule has 4 aromatic carbocycles. The maximum Gasteiger partial charge on any atom is 0.265 e. The smallest absolute Gasteiger partial charge is 0.265 e. The molecule has 9 heteroatoms. The average molecular weight is 602 g/mol. The van der Waals surface area contributed by atoms with Crippen molar-refractivity contribution in [1.82, 2.24) is 10.2 Å². The Morgan fingerprint density at radius 3 is 2.30 bits per heavy atom. The number of carbonyl (C=O) groups is 2. The largest absolute Gasteiger partial charge is 0.352 e. The van der Waals surface area contributed by atoms with Crippen LogP contribution in [0.25, 0.3) is 10.8 Å². The Kier molecular flexibility index (Phi) is 9.11. The topological polar surface area (TPSA) is 86.8 Å². The van der Waals surface area contributed by atoms with Crippen LogP contribution in [0.5, 0.6) is 0 Å². The molecule has 5 rings (SSSR count). The first-order chi connectivity index (χ1) is 20.7. The monoisotopic (exact) mass is 601 g/mol. The van der Waals surface area contributed by atoms with Crippen LogP contribution in [0.4, 0.5) is 10.1 Å². The first-order valence-electron chi connectivity index (χ1n) is 14.6. The highest BCUT2D eigenvalue weighted by Crippen LogP contribution is 2.42. The van der Waals surface area contributed by atoms with Crippen molar-refractivity contribution in [2.75, 3.05) is 10.8 Å². The molecule has 0 fully saturated rings. The van der Waals surface area contributed by atoms with Crippen molar-refractivity contribution < 1.29 is 22.4 Å². The number of benzene rings is 4. The number of rotatable bonds is 12. The zero-order valence-electron chi connectivity index (χ0n) is 24.4. The molecule has 0 bridgehead atoms. The van der Waals surface area contributed by atoms with Gasteiger partial charge in [0.1, 0.15) is 11.9 Å². The number of carbonyl (C=O) groups excluding carboxylic acids is 2. The molecule has 43 heavy (non-hydrogen) atoms. The quantitative estimate of drug-likeness (QED) is 0.222. The van der Waals surface area contributed by atoms with Crippen LogP contribution in [-0.4, -0.2) is 43.8 Å². The molecular formula is C34H36FN3O4S. The molecule has 0 saturated heterocycles. The second kappa shape index (κ2) is 13.0. The van der Waals surface area contributed by atoms with Gasteiger partial charge in [0, 0.05) is 37.4 Å². The first-order valence-corrected chi connectivity index (χ1v) is 16.1. The van der Waals surface area contributed by atoms with Crippen molar-refractivity contribution in [3.05, 3.63) is 108 Å². The maximum absolute atomic E-state index is 14.0. The predicted octanol–water partition coefficient (Wildman–Crippen LogP) is 5.82. The molecule has 1 aliphatic rings. The van der Waals surface area contributed by atoms with Crippen LogP contribution in [0.1, 0.15) is 44.2 Å². The molecule has 0 spiro atoms. The van der Waals surface area contributed by atoms with Gasteiger partial charge < -0.3 is 10.2 Å². The minimum absolute atomic E-state index is 0.0292. The Labute approximate surface area is 252 Å². The van der Waals surface area contributed by atoms with E-state index in [1.54, 1.807) is 35.2 Å². The summed E-state index contributed by atoms with van der Waals surface area (Å²) in [7, 11) is -3.75. The standard InChI is InChI=1S/C34H36FN3O4S/c1-3-24(2)36-34(40)30(22-25-10-5-4-6-11-25)37(23-26-17-19-28(35)20-18-26)32(39)16-9-21-38-29-14-7-12-27-13-8-15-31(33(27)29)43(38,41)42/h4-8,10-15,17-20,24,30H,3,9,16,21-23H2,1-2H3,(H,36,40)/t24-,30+/m1/s1. The van der Waals surface area contributed by atoms with Crippen LogP contribution in [0, 0.1) is 5.82 Å². The number of amides is 2. The fourth-order valence-corrected chi connectivity index (χ4v) is 7.25. The summed E-state index contributed by atoms with van der Waals surface area (Å²) in [6.45, 7) is 4.12. The molecule has 0 saturated carbocycles. The van der Waals surface area contributed by atoms with Crippen molar-refractivity contribution in [2.24, 2.45) is 0 Å². The van der Waals surface area contributed by atoms with E-state index in [1.165, 1.54) is 16.4 Å². The van der Waals surface area contributed by atoms with E-state index in [-0.39, 0.29) is 54.5 Å². The summed E-state index contributed by atoms with van der Waals surface area (Å²) in [5.41, 5.74) is 2.20. The molecule has 1 aliphatic heterocycles. The second-order valence-electron chi connectivity index (χ2n) is 11.0. The van der Waals surface area contributed by atoms with E-state index in [4.69, 9.17) is 0 Å². The van der Waals surface area contributed by atoms with Crippen LogP contribution in [0.3, 0.4) is 0 Å². The van der Waals surface area contributed by atoms with E-state index in [9.17, 15) is 22.4 Å². The Morgan fingerprint density at radius 2 is 1.60 bits per heavy atom. The minimum Gasteiger partial charge on any atom is -0.352 e. The first kappa shape index (κ1) is 30.2. The average Bonchev–Trinajstić information content (AvgIpc) is 3.23. The molecule has 2 atom stereocenters. The molecule has 224 valence electrons. The molecule has 1 N–H and O–H groups in total. The highest BCUT2D eigenvalue weighted by atomic mass is 32.2. The number of sulfonamides is 1. The third-order valence-corrected chi connectivity index (χ3v) is 9.83. The van der Waals surface area contributed by atoms with Gasteiger partial charge >= 0.3 is 0 Å². The normalized spacial score (nSPS) is 14.8. The van der Waals surface area contributed by atoms with Gasteiger partial charge in [-0.2, -0.15) is 0 Å². The van der Waals surface area contributed by atoms with Crippen LogP contribution >= 0.6 is 0 Å². The lowest BCUT2D eigenvalue weighted by atomic mass is 10.0. The molecule has 4 aromatic rings. The Bertz CT molecular complexity index is 1710. The molecule has 0 aliphatic carbocycles. The van der Waals surface area contributed by atoms with Crippen LogP contribution < -0.4 is 9.62 Å². The van der Waals surface area contributed by atoms with Crippen LogP contribution in [0.15, 0.2) is 95.9 Å². The van der Waals surface area contributed by atoms with Crippen molar-refractivity contribution in [3.63, 3.8) is 0 Å². The SMILES string of the molecule is CC[C@@H](C)NC(=O)[C@H](Cc1ccccc1)N(Cc1ccc(F)cc1)C(=O)CCCN1c2cccc3cccc(c23)S1(=O)=O. The maximum atomic E-state index is 14.0. The predicted molar refractivity (Wildman–Crippen MR) is 166 cm³/mol. The van der Waals surface area contributed by atoms with E-state index in [2.05, 4.69) is 5.32 Å². The number of nitrogens with zero attached hydrogens (tertiary/aromatic N) is 2. The van der Waals surface area contributed by atoms with Gasteiger partial charge in [0.15, 0.2) is 0 Å². The number of anilines is 1. The Morgan fingerprint density at radius 1 is 0.907 bits per heavy atom. The van der Waals surface area contributed by atoms with E-state index in [1.807, 2.05) is 62.4 Å². The molecule has 0 unspecified atom stereocenters. The summed E-state index contributed by atoms with van der Waals surface area (Å²) < 4.78 is 41.9. The van der Waals surface area contributed by atoms with Crippen molar-refractivity contribution in [3.8, 4) is 0 Å². The van der Waals surface area contributed by atoms with Gasteiger partial charge in [-0.25, -0.2) is 12.8 Å². The number of hydrogen-bond acceptors (Lipinski definition) is 4. The summed E-state index contributed by atoms with van der Waals surface area (Å²) in [6, 6.07) is 25.2. The van der Waals surface area contributed by atoms with Crippen LogP contribution in [-0.2, 0) is 32.6 Å². The van der Waals surface area contributed by atoms with Crippen molar-refractivity contribution >= 4 is 38.3 Å². The molecule has 7 nitrogen and oxygen atoms in total. The molecule has 2 amide bonds. The van der Waals surface area contributed by atoms with Gasteiger partial charge in [-0.15, -0.1) is 0 Å². The number of nitrogens with one attached hydrogen (secondary N) is 1. The van der Waals surface area contributed by atoms with Crippen molar-refractivity contribution in [1.29, 1.82) is 0 Å². The summed E-state index contributed by atoms with van der Waals surface area (Å²) in [6.07, 6.45) is 1.32. The molecule has 0 radical (unpaired) electrons. The van der Waals surface area contributed by atoms with Gasteiger partial charge in [-0.05, 0) is 60.5 Å². The van der Waals surface area contributed by atoms with Crippen LogP contribution in [0.2, 0.25) is 0 Å². The van der Waals surface area contributed by atoms with Gasteiger partial charge in [0.25, 0.3) is 10.0 Å². The fraction of sp³-hybridized carbons (Fsp3) is 0.294. The van der Waals surface area contributed by atoms with E-state index >= 15 is 0 Å².